The summed E-state index contributed by atoms with van der Waals surface area (Å²) in [5.41, 5.74) is 3.42. The number of hydrogen-bond acceptors (Lipinski definition) is 4. The molecule has 2 heterocycles. The first kappa shape index (κ1) is 30.4. The topological polar surface area (TPSA) is 40.5 Å². The van der Waals surface area contributed by atoms with E-state index in [0.29, 0.717) is 23.7 Å². The van der Waals surface area contributed by atoms with Crippen LogP contribution in [0.3, 0.4) is 0 Å². The van der Waals surface area contributed by atoms with Gasteiger partial charge in [-0.1, -0.05) is 90.5 Å². The molecule has 4 atom stereocenters. The summed E-state index contributed by atoms with van der Waals surface area (Å²) in [7, 11) is 0. The molecule has 2 aliphatic heterocycles. The standard InChI is InChI=1S/C32H54O2S2/c1-31(2,23-33)21-9-7-13-25-15-11-19-29(35-25)27-17-5-6-18-28(27)30-20-12-16-26(36-30)14-8-10-22-32(3,4)24-34/h5-6,17-18,25-26,29-30,33-34H,7-16,19-24H2,1-4H3. The molecule has 2 N–H and O–H groups in total. The lowest BCUT2D eigenvalue weighted by Gasteiger charge is -2.34. The lowest BCUT2D eigenvalue weighted by Crippen LogP contribution is -2.18. The summed E-state index contributed by atoms with van der Waals surface area (Å²) in [5.74, 6) is 0. The van der Waals surface area contributed by atoms with Crippen LogP contribution in [0.15, 0.2) is 24.3 Å². The first-order valence-corrected chi connectivity index (χ1v) is 16.7. The largest absolute Gasteiger partial charge is 0.396 e. The van der Waals surface area contributed by atoms with E-state index in [1.54, 1.807) is 11.1 Å². The zero-order chi connectivity index (χ0) is 26.0. The Morgan fingerprint density at radius 1 is 0.667 bits per heavy atom. The molecular formula is C32H54O2S2. The number of unbranched alkanes of at least 4 members (excludes halogenated alkanes) is 2. The molecule has 2 fully saturated rings. The van der Waals surface area contributed by atoms with Gasteiger partial charge in [0.1, 0.15) is 0 Å². The van der Waals surface area contributed by atoms with Gasteiger partial charge in [0.05, 0.1) is 0 Å². The lowest BCUT2D eigenvalue weighted by atomic mass is 9.87. The maximum absolute atomic E-state index is 9.53. The highest BCUT2D eigenvalue weighted by atomic mass is 32.2. The molecule has 4 unspecified atom stereocenters. The molecule has 4 heteroatoms. The van der Waals surface area contributed by atoms with Crippen molar-refractivity contribution in [3.8, 4) is 0 Å². The van der Waals surface area contributed by atoms with E-state index in [1.807, 2.05) is 0 Å². The maximum atomic E-state index is 9.53. The Labute approximate surface area is 231 Å². The zero-order valence-electron chi connectivity index (χ0n) is 23.6. The smallest absolute Gasteiger partial charge is 0.0482 e. The van der Waals surface area contributed by atoms with Crippen LogP contribution < -0.4 is 0 Å². The quantitative estimate of drug-likeness (QED) is 0.233. The molecule has 0 radical (unpaired) electrons. The summed E-state index contributed by atoms with van der Waals surface area (Å²) < 4.78 is 0. The van der Waals surface area contributed by atoms with Crippen molar-refractivity contribution in [1.82, 2.24) is 0 Å². The van der Waals surface area contributed by atoms with Crippen LogP contribution in [-0.2, 0) is 0 Å². The summed E-state index contributed by atoms with van der Waals surface area (Å²) in [6, 6.07) is 9.43. The minimum Gasteiger partial charge on any atom is -0.396 e. The Balaban J connectivity index is 1.52. The Kier molecular flexibility index (Phi) is 12.5. The van der Waals surface area contributed by atoms with Gasteiger partial charge in [0.15, 0.2) is 0 Å². The normalized spacial score (nSPS) is 25.7. The van der Waals surface area contributed by atoms with E-state index in [-0.39, 0.29) is 10.8 Å². The molecule has 0 amide bonds. The van der Waals surface area contributed by atoms with Crippen molar-refractivity contribution in [3.63, 3.8) is 0 Å². The van der Waals surface area contributed by atoms with Crippen LogP contribution in [-0.4, -0.2) is 33.9 Å². The SMILES string of the molecule is CC(C)(CO)CCCCC1CCCC(c2ccccc2C2CCCC(CCCCC(C)(C)CO)S2)S1. The molecular weight excluding hydrogens is 480 g/mol. The molecule has 0 spiro atoms. The number of rotatable bonds is 14. The first-order valence-electron chi connectivity index (χ1n) is 14.8. The second kappa shape index (κ2) is 14.8. The highest BCUT2D eigenvalue weighted by molar-refractivity contribution is 8.00. The van der Waals surface area contributed by atoms with Crippen molar-refractivity contribution in [3.05, 3.63) is 35.4 Å². The number of aliphatic hydroxyl groups excluding tert-OH is 2. The van der Waals surface area contributed by atoms with Gasteiger partial charge in [-0.3, -0.25) is 0 Å². The van der Waals surface area contributed by atoms with Crippen molar-refractivity contribution < 1.29 is 10.2 Å². The van der Waals surface area contributed by atoms with Crippen LogP contribution in [0.25, 0.3) is 0 Å². The fraction of sp³-hybridized carbons (Fsp3) is 0.812. The summed E-state index contributed by atoms with van der Waals surface area (Å²) in [6.07, 6.45) is 18.1. The monoisotopic (exact) mass is 534 g/mol. The molecule has 3 rings (SSSR count). The Morgan fingerprint density at radius 3 is 1.47 bits per heavy atom. The van der Waals surface area contributed by atoms with Crippen molar-refractivity contribution in [1.29, 1.82) is 0 Å². The van der Waals surface area contributed by atoms with Crippen LogP contribution >= 0.6 is 23.5 Å². The fourth-order valence-electron chi connectivity index (χ4n) is 5.89. The second-order valence-electron chi connectivity index (χ2n) is 13.1. The predicted octanol–water partition coefficient (Wildman–Crippen LogP) is 9.50. The molecule has 36 heavy (non-hydrogen) atoms. The van der Waals surface area contributed by atoms with Gasteiger partial charge in [0, 0.05) is 34.2 Å². The fourth-order valence-corrected chi connectivity index (χ4v) is 9.36. The van der Waals surface area contributed by atoms with Gasteiger partial charge in [-0.2, -0.15) is 23.5 Å². The zero-order valence-corrected chi connectivity index (χ0v) is 25.3. The Morgan fingerprint density at radius 2 is 1.08 bits per heavy atom. The van der Waals surface area contributed by atoms with Crippen molar-refractivity contribution in [2.75, 3.05) is 13.2 Å². The van der Waals surface area contributed by atoms with E-state index in [1.165, 1.54) is 77.0 Å². The maximum Gasteiger partial charge on any atom is 0.0482 e. The minimum atomic E-state index is 0.0761. The third-order valence-corrected chi connectivity index (χ3v) is 11.9. The molecule has 2 nitrogen and oxygen atoms in total. The summed E-state index contributed by atoms with van der Waals surface area (Å²) in [4.78, 5) is 0. The third-order valence-electron chi connectivity index (χ3n) is 8.50. The molecule has 2 aliphatic rings. The van der Waals surface area contributed by atoms with Crippen molar-refractivity contribution in [2.45, 2.75) is 139 Å². The van der Waals surface area contributed by atoms with E-state index >= 15 is 0 Å². The highest BCUT2D eigenvalue weighted by Crippen LogP contribution is 2.50. The van der Waals surface area contributed by atoms with E-state index in [4.69, 9.17) is 0 Å². The molecule has 1 aromatic rings. The van der Waals surface area contributed by atoms with Crippen LogP contribution in [0.5, 0.6) is 0 Å². The Bertz CT molecular complexity index is 699. The van der Waals surface area contributed by atoms with E-state index in [2.05, 4.69) is 75.5 Å². The first-order chi connectivity index (χ1) is 17.2. The highest BCUT2D eigenvalue weighted by Gasteiger charge is 2.30. The predicted molar refractivity (Wildman–Crippen MR) is 161 cm³/mol. The van der Waals surface area contributed by atoms with Crippen LogP contribution in [0, 0.1) is 10.8 Å². The van der Waals surface area contributed by atoms with Crippen LogP contribution in [0.4, 0.5) is 0 Å². The van der Waals surface area contributed by atoms with E-state index in [9.17, 15) is 10.2 Å². The van der Waals surface area contributed by atoms with Crippen LogP contribution in [0.2, 0.25) is 0 Å². The van der Waals surface area contributed by atoms with Crippen molar-refractivity contribution in [2.24, 2.45) is 10.8 Å². The van der Waals surface area contributed by atoms with Gasteiger partial charge in [0.2, 0.25) is 0 Å². The molecule has 2 saturated heterocycles. The lowest BCUT2D eigenvalue weighted by molar-refractivity contribution is 0.147. The summed E-state index contributed by atoms with van der Waals surface area (Å²) in [5, 5.41) is 22.0. The van der Waals surface area contributed by atoms with Gasteiger partial charge < -0.3 is 10.2 Å². The van der Waals surface area contributed by atoms with Gasteiger partial charge in [-0.05, 0) is 73.3 Å². The second-order valence-corrected chi connectivity index (χ2v) is 16.1. The van der Waals surface area contributed by atoms with Gasteiger partial charge in [-0.15, -0.1) is 0 Å². The number of hydrogen-bond donors (Lipinski definition) is 2. The Hall–Kier alpha value is -0.160. The average molecular weight is 535 g/mol. The molecule has 206 valence electrons. The van der Waals surface area contributed by atoms with Gasteiger partial charge in [-0.25, -0.2) is 0 Å². The number of thioether (sulfide) groups is 2. The molecule has 0 aromatic heterocycles. The van der Waals surface area contributed by atoms with E-state index in [0.717, 1.165) is 23.3 Å². The number of aliphatic hydroxyl groups is 2. The average Bonchev–Trinajstić information content (AvgIpc) is 2.89. The summed E-state index contributed by atoms with van der Waals surface area (Å²) in [6.45, 7) is 9.32. The third kappa shape index (κ3) is 9.86. The molecule has 0 saturated carbocycles. The molecule has 1 aromatic carbocycles. The van der Waals surface area contributed by atoms with E-state index < -0.39 is 0 Å². The number of benzene rings is 1. The summed E-state index contributed by atoms with van der Waals surface area (Å²) >= 11 is 4.54. The van der Waals surface area contributed by atoms with Crippen molar-refractivity contribution >= 4 is 23.5 Å². The van der Waals surface area contributed by atoms with Gasteiger partial charge in [0.25, 0.3) is 0 Å². The van der Waals surface area contributed by atoms with Gasteiger partial charge >= 0.3 is 0 Å². The molecule has 0 aliphatic carbocycles. The minimum absolute atomic E-state index is 0.0761. The molecule has 0 bridgehead atoms. The van der Waals surface area contributed by atoms with Crippen LogP contribution in [0.1, 0.15) is 139 Å².